The van der Waals surface area contributed by atoms with Crippen molar-refractivity contribution in [2.24, 2.45) is 4.99 Å². The smallest absolute Gasteiger partial charge is 0.387 e. The number of benzene rings is 1. The molecule has 12 heteroatoms. The van der Waals surface area contributed by atoms with Gasteiger partial charge in [-0.25, -0.2) is 4.99 Å². The van der Waals surface area contributed by atoms with Crippen LogP contribution in [0.3, 0.4) is 0 Å². The molecule has 0 spiro atoms. The summed E-state index contributed by atoms with van der Waals surface area (Å²) in [7, 11) is 0. The second-order valence-electron chi connectivity index (χ2n) is 5.04. The number of nitrogens with zero attached hydrogens (tertiary/aromatic N) is 3. The molecule has 2 N–H and O–H groups in total. The minimum absolute atomic E-state index is 0. The summed E-state index contributed by atoms with van der Waals surface area (Å²) in [4.78, 5) is 8.39. The average molecular weight is 536 g/mol. The summed E-state index contributed by atoms with van der Waals surface area (Å²) in [6.45, 7) is 1.44. The number of aliphatic imine (C=N–C) groups is 1. The Bertz CT molecular complexity index is 777. The van der Waals surface area contributed by atoms with E-state index in [1.165, 1.54) is 12.1 Å². The summed E-state index contributed by atoms with van der Waals surface area (Å²) < 4.78 is 34.7. The van der Waals surface area contributed by atoms with E-state index in [0.717, 1.165) is 0 Å². The van der Waals surface area contributed by atoms with Crippen molar-refractivity contribution in [2.75, 3.05) is 6.54 Å². The third-order valence-electron chi connectivity index (χ3n) is 3.02. The maximum atomic E-state index is 12.6. The molecule has 0 aliphatic rings. The molecule has 1 aromatic heterocycles. The normalized spacial score (nSPS) is 11.3. The Balaban J connectivity index is 0.00000364. The molecule has 0 aliphatic carbocycles. The molecule has 0 unspecified atom stereocenters. The number of aromatic nitrogens is 2. The Morgan fingerprint density at radius 2 is 2.07 bits per heavy atom. The first-order valence-electron chi connectivity index (χ1n) is 7.63. The molecule has 0 bridgehead atoms. The Kier molecular flexibility index (Phi) is 10.0. The molecule has 2 rings (SSSR count). The van der Waals surface area contributed by atoms with Crippen LogP contribution in [-0.4, -0.2) is 29.3 Å². The molecule has 1 aromatic carbocycles. The van der Waals surface area contributed by atoms with Crippen LogP contribution in [0.5, 0.6) is 5.75 Å². The topological polar surface area (TPSA) is 84.6 Å². The second-order valence-corrected chi connectivity index (χ2v) is 5.88. The first-order chi connectivity index (χ1) is 12.4. The van der Waals surface area contributed by atoms with Crippen LogP contribution in [0.15, 0.2) is 21.6 Å². The summed E-state index contributed by atoms with van der Waals surface area (Å²) >= 11 is 11.9. The highest BCUT2D eigenvalue weighted by atomic mass is 127. The van der Waals surface area contributed by atoms with Crippen molar-refractivity contribution in [3.05, 3.63) is 39.5 Å². The molecule has 0 amide bonds. The fourth-order valence-electron chi connectivity index (χ4n) is 2.03. The van der Waals surface area contributed by atoms with Gasteiger partial charge in [-0.1, -0.05) is 28.4 Å². The number of aryl methyl sites for hydroxylation is 1. The number of ether oxygens (including phenoxy) is 1. The van der Waals surface area contributed by atoms with E-state index in [4.69, 9.17) is 27.7 Å². The zero-order valence-corrected chi connectivity index (χ0v) is 18.3. The van der Waals surface area contributed by atoms with E-state index in [-0.39, 0.29) is 47.8 Å². The van der Waals surface area contributed by atoms with E-state index in [2.05, 4.69) is 30.5 Å². The van der Waals surface area contributed by atoms with Gasteiger partial charge < -0.3 is 19.9 Å². The molecule has 0 atom stereocenters. The molecule has 0 aliphatic heterocycles. The SMILES string of the molecule is CCNC(=NCc1cc(Cl)cc(Cl)c1OC(F)F)NCc1nc(C)no1.I. The monoisotopic (exact) mass is 535 g/mol. The lowest BCUT2D eigenvalue weighted by Crippen LogP contribution is -2.36. The molecule has 2 aromatic rings. The van der Waals surface area contributed by atoms with Gasteiger partial charge in [0.1, 0.15) is 5.75 Å². The lowest BCUT2D eigenvalue weighted by atomic mass is 10.2. The molecule has 0 saturated heterocycles. The lowest BCUT2D eigenvalue weighted by molar-refractivity contribution is -0.0503. The number of hydrogen-bond donors (Lipinski definition) is 2. The maximum Gasteiger partial charge on any atom is 0.387 e. The van der Waals surface area contributed by atoms with Crippen molar-refractivity contribution in [1.29, 1.82) is 0 Å². The maximum absolute atomic E-state index is 12.6. The summed E-state index contributed by atoms with van der Waals surface area (Å²) in [6.07, 6.45) is 0. The Morgan fingerprint density at radius 3 is 2.67 bits per heavy atom. The van der Waals surface area contributed by atoms with E-state index in [9.17, 15) is 8.78 Å². The van der Waals surface area contributed by atoms with Crippen LogP contribution in [0.2, 0.25) is 10.0 Å². The van der Waals surface area contributed by atoms with Gasteiger partial charge in [-0.15, -0.1) is 24.0 Å². The quantitative estimate of drug-likeness (QED) is 0.314. The molecule has 7 nitrogen and oxygen atoms in total. The van der Waals surface area contributed by atoms with Gasteiger partial charge in [-0.2, -0.15) is 13.8 Å². The first-order valence-corrected chi connectivity index (χ1v) is 8.38. The molecule has 0 fully saturated rings. The molecule has 0 radical (unpaired) electrons. The third kappa shape index (κ3) is 7.62. The van der Waals surface area contributed by atoms with Crippen LogP contribution in [0.1, 0.15) is 24.2 Å². The van der Waals surface area contributed by atoms with E-state index in [1.807, 2.05) is 6.92 Å². The number of alkyl halides is 2. The summed E-state index contributed by atoms with van der Waals surface area (Å²) in [5.41, 5.74) is 0.327. The highest BCUT2D eigenvalue weighted by Crippen LogP contribution is 2.34. The van der Waals surface area contributed by atoms with Crippen molar-refractivity contribution in [1.82, 2.24) is 20.8 Å². The molecular formula is C15H18Cl2F2IN5O2. The Morgan fingerprint density at radius 1 is 1.33 bits per heavy atom. The van der Waals surface area contributed by atoms with Gasteiger partial charge >= 0.3 is 6.61 Å². The second kappa shape index (κ2) is 11.4. The summed E-state index contributed by atoms with van der Waals surface area (Å²) in [5, 5.41) is 9.98. The van der Waals surface area contributed by atoms with Gasteiger partial charge in [0.15, 0.2) is 11.8 Å². The van der Waals surface area contributed by atoms with Crippen molar-refractivity contribution in [3.8, 4) is 5.75 Å². The summed E-state index contributed by atoms with van der Waals surface area (Å²) in [6, 6.07) is 2.80. The summed E-state index contributed by atoms with van der Waals surface area (Å²) in [5.74, 6) is 1.17. The highest BCUT2D eigenvalue weighted by Gasteiger charge is 2.15. The number of nitrogens with one attached hydrogen (secondary N) is 2. The number of rotatable bonds is 7. The zero-order chi connectivity index (χ0) is 19.1. The van der Waals surface area contributed by atoms with Crippen molar-refractivity contribution in [3.63, 3.8) is 0 Å². The van der Waals surface area contributed by atoms with Crippen molar-refractivity contribution >= 4 is 53.1 Å². The predicted molar refractivity (Wildman–Crippen MR) is 109 cm³/mol. The van der Waals surface area contributed by atoms with Gasteiger partial charge in [-0.3, -0.25) is 0 Å². The highest BCUT2D eigenvalue weighted by molar-refractivity contribution is 14.0. The molecule has 27 heavy (non-hydrogen) atoms. The van der Waals surface area contributed by atoms with E-state index in [0.29, 0.717) is 34.8 Å². The van der Waals surface area contributed by atoms with Crippen LogP contribution >= 0.6 is 47.2 Å². The van der Waals surface area contributed by atoms with Crippen LogP contribution in [0.25, 0.3) is 0 Å². The zero-order valence-electron chi connectivity index (χ0n) is 14.4. The first kappa shape index (κ1) is 23.6. The van der Waals surface area contributed by atoms with Gasteiger partial charge in [0.25, 0.3) is 0 Å². The van der Waals surface area contributed by atoms with Crippen molar-refractivity contribution < 1.29 is 18.0 Å². The average Bonchev–Trinajstić information content (AvgIpc) is 2.98. The number of halogens is 5. The molecular weight excluding hydrogens is 518 g/mol. The molecule has 1 heterocycles. The van der Waals surface area contributed by atoms with E-state index in [1.54, 1.807) is 6.92 Å². The fraction of sp³-hybridized carbons (Fsp3) is 0.400. The van der Waals surface area contributed by atoms with Gasteiger partial charge in [0.05, 0.1) is 18.1 Å². The minimum Gasteiger partial charge on any atom is -0.433 e. The minimum atomic E-state index is -3.01. The standard InChI is InChI=1S/C15H17Cl2F2N5O2.HI/c1-3-20-15(22-7-12-23-8(2)24-26-12)21-6-9-4-10(16)5-11(17)13(9)25-14(18)19;/h4-5,14H,3,6-7H2,1-2H3,(H2,20,21,22);1H. The largest absolute Gasteiger partial charge is 0.433 e. The van der Waals surface area contributed by atoms with Crippen LogP contribution in [0.4, 0.5) is 8.78 Å². The Hall–Kier alpha value is -1.40. The predicted octanol–water partition coefficient (Wildman–Crippen LogP) is 4.16. The lowest BCUT2D eigenvalue weighted by Gasteiger charge is -2.13. The third-order valence-corrected chi connectivity index (χ3v) is 3.52. The number of hydrogen-bond acceptors (Lipinski definition) is 5. The Labute approximate surface area is 181 Å². The van der Waals surface area contributed by atoms with E-state index < -0.39 is 6.61 Å². The fourth-order valence-corrected chi connectivity index (χ4v) is 2.61. The van der Waals surface area contributed by atoms with Gasteiger partial charge in [0.2, 0.25) is 5.89 Å². The van der Waals surface area contributed by atoms with Gasteiger partial charge in [-0.05, 0) is 26.0 Å². The van der Waals surface area contributed by atoms with Crippen LogP contribution in [0, 0.1) is 6.92 Å². The van der Waals surface area contributed by atoms with Crippen LogP contribution in [-0.2, 0) is 13.1 Å². The van der Waals surface area contributed by atoms with Crippen molar-refractivity contribution in [2.45, 2.75) is 33.5 Å². The van der Waals surface area contributed by atoms with Crippen LogP contribution < -0.4 is 15.4 Å². The van der Waals surface area contributed by atoms with Gasteiger partial charge in [0, 0.05) is 17.1 Å². The van der Waals surface area contributed by atoms with E-state index >= 15 is 0 Å². The molecule has 0 saturated carbocycles. The molecule has 150 valence electrons. The number of guanidine groups is 1.